The van der Waals surface area contributed by atoms with Crippen LogP contribution in [0.5, 0.6) is 5.75 Å². The SMILES string of the molecule is CNC(c1ccc(C)c(Cl)c1)C(C)Oc1cccc(Cl)c1. The maximum atomic E-state index is 6.21. The van der Waals surface area contributed by atoms with Gasteiger partial charge in [-0.15, -0.1) is 0 Å². The Morgan fingerprint density at radius 2 is 1.86 bits per heavy atom. The molecule has 0 aromatic heterocycles. The Balaban J connectivity index is 2.18. The molecule has 21 heavy (non-hydrogen) atoms. The smallest absolute Gasteiger partial charge is 0.121 e. The molecule has 112 valence electrons. The third kappa shape index (κ3) is 4.13. The highest BCUT2D eigenvalue weighted by atomic mass is 35.5. The van der Waals surface area contributed by atoms with Gasteiger partial charge in [0, 0.05) is 10.0 Å². The first-order chi connectivity index (χ1) is 10.0. The first kappa shape index (κ1) is 16.2. The summed E-state index contributed by atoms with van der Waals surface area (Å²) in [6.07, 6.45) is -0.0627. The van der Waals surface area contributed by atoms with E-state index in [1.54, 1.807) is 0 Å². The lowest BCUT2D eigenvalue weighted by Gasteiger charge is -2.25. The third-order valence-corrected chi connectivity index (χ3v) is 4.10. The van der Waals surface area contributed by atoms with Crippen LogP contribution in [0.4, 0.5) is 0 Å². The Bertz CT molecular complexity index is 615. The summed E-state index contributed by atoms with van der Waals surface area (Å²) in [6.45, 7) is 4.02. The summed E-state index contributed by atoms with van der Waals surface area (Å²) in [5.41, 5.74) is 2.17. The molecule has 2 nitrogen and oxygen atoms in total. The molecule has 2 aromatic carbocycles. The highest BCUT2D eigenvalue weighted by molar-refractivity contribution is 6.31. The topological polar surface area (TPSA) is 21.3 Å². The van der Waals surface area contributed by atoms with E-state index in [9.17, 15) is 0 Å². The van der Waals surface area contributed by atoms with Gasteiger partial charge in [-0.1, -0.05) is 41.4 Å². The largest absolute Gasteiger partial charge is 0.489 e. The van der Waals surface area contributed by atoms with Crippen molar-refractivity contribution in [2.75, 3.05) is 7.05 Å². The van der Waals surface area contributed by atoms with Crippen molar-refractivity contribution in [3.63, 3.8) is 0 Å². The van der Waals surface area contributed by atoms with Crippen LogP contribution in [0.15, 0.2) is 42.5 Å². The van der Waals surface area contributed by atoms with E-state index in [2.05, 4.69) is 11.4 Å². The number of benzene rings is 2. The number of halogens is 2. The van der Waals surface area contributed by atoms with Crippen molar-refractivity contribution in [2.24, 2.45) is 0 Å². The molecule has 0 saturated carbocycles. The first-order valence-corrected chi connectivity index (χ1v) is 7.62. The predicted molar refractivity (Wildman–Crippen MR) is 89.5 cm³/mol. The molecule has 2 unspecified atom stereocenters. The van der Waals surface area contributed by atoms with E-state index in [1.165, 1.54) is 0 Å². The fourth-order valence-corrected chi connectivity index (χ4v) is 2.67. The van der Waals surface area contributed by atoms with Crippen LogP contribution in [-0.2, 0) is 0 Å². The minimum Gasteiger partial charge on any atom is -0.489 e. The number of rotatable bonds is 5. The van der Waals surface area contributed by atoms with Crippen LogP contribution < -0.4 is 10.1 Å². The van der Waals surface area contributed by atoms with E-state index in [4.69, 9.17) is 27.9 Å². The van der Waals surface area contributed by atoms with E-state index in [-0.39, 0.29) is 12.1 Å². The maximum Gasteiger partial charge on any atom is 0.121 e. The molecule has 0 bridgehead atoms. The van der Waals surface area contributed by atoms with Gasteiger partial charge in [-0.3, -0.25) is 0 Å². The fourth-order valence-electron chi connectivity index (χ4n) is 2.30. The van der Waals surface area contributed by atoms with Gasteiger partial charge in [-0.05, 0) is 56.3 Å². The zero-order chi connectivity index (χ0) is 15.4. The van der Waals surface area contributed by atoms with E-state index in [1.807, 2.05) is 57.3 Å². The molecule has 0 aliphatic heterocycles. The second-order valence-electron chi connectivity index (χ2n) is 5.06. The Morgan fingerprint density at radius 3 is 2.48 bits per heavy atom. The second kappa shape index (κ2) is 7.17. The standard InChI is InChI=1S/C17H19Cl2NO/c1-11-7-8-13(9-16(11)19)17(20-3)12(2)21-15-6-4-5-14(18)10-15/h4-10,12,17,20H,1-3H3. The molecule has 0 saturated heterocycles. The molecule has 2 atom stereocenters. The summed E-state index contributed by atoms with van der Waals surface area (Å²) in [5.74, 6) is 0.758. The molecular formula is C17H19Cl2NO. The normalized spacial score (nSPS) is 13.8. The summed E-state index contributed by atoms with van der Waals surface area (Å²) in [7, 11) is 1.91. The minimum atomic E-state index is -0.0627. The summed E-state index contributed by atoms with van der Waals surface area (Å²) in [6, 6.07) is 13.5. The Hall–Kier alpha value is -1.22. The molecule has 0 aliphatic rings. The van der Waals surface area contributed by atoms with Crippen molar-refractivity contribution in [2.45, 2.75) is 26.0 Å². The van der Waals surface area contributed by atoms with Gasteiger partial charge >= 0.3 is 0 Å². The van der Waals surface area contributed by atoms with E-state index in [0.717, 1.165) is 21.9 Å². The molecule has 0 aliphatic carbocycles. The van der Waals surface area contributed by atoms with Gasteiger partial charge in [-0.2, -0.15) is 0 Å². The molecule has 0 heterocycles. The van der Waals surface area contributed by atoms with Gasteiger partial charge in [0.25, 0.3) is 0 Å². The molecule has 0 fully saturated rings. The molecule has 0 spiro atoms. The minimum absolute atomic E-state index is 0.0436. The van der Waals surface area contributed by atoms with Crippen molar-refractivity contribution in [1.29, 1.82) is 0 Å². The number of aryl methyl sites for hydroxylation is 1. The van der Waals surface area contributed by atoms with Gasteiger partial charge < -0.3 is 10.1 Å². The fraction of sp³-hybridized carbons (Fsp3) is 0.294. The van der Waals surface area contributed by atoms with E-state index < -0.39 is 0 Å². The van der Waals surface area contributed by atoms with Crippen molar-refractivity contribution >= 4 is 23.2 Å². The number of hydrogen-bond donors (Lipinski definition) is 1. The predicted octanol–water partition coefficient (Wildman–Crippen LogP) is 5.03. The zero-order valence-electron chi connectivity index (χ0n) is 12.4. The van der Waals surface area contributed by atoms with Crippen LogP contribution in [0.3, 0.4) is 0 Å². The quantitative estimate of drug-likeness (QED) is 0.833. The summed E-state index contributed by atoms with van der Waals surface area (Å²) in [4.78, 5) is 0. The number of hydrogen-bond acceptors (Lipinski definition) is 2. The van der Waals surface area contributed by atoms with Crippen molar-refractivity contribution in [3.05, 3.63) is 63.6 Å². The summed E-state index contributed by atoms with van der Waals surface area (Å²) in [5, 5.41) is 4.72. The lowest BCUT2D eigenvalue weighted by molar-refractivity contribution is 0.175. The summed E-state index contributed by atoms with van der Waals surface area (Å²) >= 11 is 12.2. The van der Waals surface area contributed by atoms with Crippen molar-refractivity contribution in [3.8, 4) is 5.75 Å². The van der Waals surface area contributed by atoms with Crippen LogP contribution in [0.1, 0.15) is 24.1 Å². The third-order valence-electron chi connectivity index (χ3n) is 3.45. The highest BCUT2D eigenvalue weighted by Crippen LogP contribution is 2.26. The Morgan fingerprint density at radius 1 is 1.10 bits per heavy atom. The van der Waals surface area contributed by atoms with Crippen molar-refractivity contribution < 1.29 is 4.74 Å². The monoisotopic (exact) mass is 323 g/mol. The molecule has 4 heteroatoms. The molecule has 0 radical (unpaired) electrons. The summed E-state index contributed by atoms with van der Waals surface area (Å²) < 4.78 is 5.98. The Labute approximate surface area is 136 Å². The first-order valence-electron chi connectivity index (χ1n) is 6.87. The number of ether oxygens (including phenoxy) is 1. The van der Waals surface area contributed by atoms with Gasteiger partial charge in [0.2, 0.25) is 0 Å². The Kier molecular flexibility index (Phi) is 5.51. The average molecular weight is 324 g/mol. The molecule has 1 N–H and O–H groups in total. The van der Waals surface area contributed by atoms with E-state index >= 15 is 0 Å². The van der Waals surface area contributed by atoms with Crippen LogP contribution in [-0.4, -0.2) is 13.2 Å². The van der Waals surface area contributed by atoms with Gasteiger partial charge in [0.15, 0.2) is 0 Å². The maximum absolute atomic E-state index is 6.21. The van der Waals surface area contributed by atoms with Crippen LogP contribution in [0, 0.1) is 6.92 Å². The average Bonchev–Trinajstić information content (AvgIpc) is 2.43. The van der Waals surface area contributed by atoms with E-state index in [0.29, 0.717) is 5.02 Å². The lowest BCUT2D eigenvalue weighted by Crippen LogP contribution is -2.31. The lowest BCUT2D eigenvalue weighted by atomic mass is 10.0. The molecular weight excluding hydrogens is 305 g/mol. The zero-order valence-corrected chi connectivity index (χ0v) is 13.9. The molecule has 2 rings (SSSR count). The molecule has 2 aromatic rings. The number of likely N-dealkylation sites (N-methyl/N-ethyl adjacent to an activating group) is 1. The second-order valence-corrected chi connectivity index (χ2v) is 5.90. The molecule has 0 amide bonds. The van der Waals surface area contributed by atoms with Gasteiger partial charge in [0.05, 0.1) is 6.04 Å². The van der Waals surface area contributed by atoms with Crippen LogP contribution in [0.2, 0.25) is 10.0 Å². The number of nitrogens with one attached hydrogen (secondary N) is 1. The van der Waals surface area contributed by atoms with Crippen LogP contribution in [0.25, 0.3) is 0 Å². The highest BCUT2D eigenvalue weighted by Gasteiger charge is 2.20. The van der Waals surface area contributed by atoms with Gasteiger partial charge in [-0.25, -0.2) is 0 Å². The van der Waals surface area contributed by atoms with Gasteiger partial charge in [0.1, 0.15) is 11.9 Å². The van der Waals surface area contributed by atoms with Crippen LogP contribution >= 0.6 is 23.2 Å². The van der Waals surface area contributed by atoms with Crippen molar-refractivity contribution in [1.82, 2.24) is 5.32 Å².